The molecule has 31 nitrogen and oxygen atoms in total. The predicted molar refractivity (Wildman–Crippen MR) is 383 cm³/mol. The molecule has 11 atom stereocenters. The highest BCUT2D eigenvalue weighted by atomic mass is 16.5. The molecule has 4 aliphatic heterocycles. The average molecular weight is 1440 g/mol. The van der Waals surface area contributed by atoms with Gasteiger partial charge in [-0.25, -0.2) is 0 Å². The molecular weight excluding hydrogens is 1340 g/mol. The molecule has 31 heteroatoms. The number of ether oxygens (including phenoxy) is 2. The number of aliphatic hydroxyl groups excluding tert-OH is 2. The van der Waals surface area contributed by atoms with Gasteiger partial charge < -0.3 is 99.9 Å². The average Bonchev–Trinajstić information content (AvgIpc) is 1.61. The second-order valence-corrected chi connectivity index (χ2v) is 28.3. The van der Waals surface area contributed by atoms with Crippen LogP contribution < -0.4 is 70.4 Å². The van der Waals surface area contributed by atoms with Crippen LogP contribution in [-0.2, 0) is 79.8 Å². The lowest BCUT2D eigenvalue weighted by atomic mass is 9.85. The Labute approximate surface area is 604 Å². The van der Waals surface area contributed by atoms with Crippen molar-refractivity contribution in [1.82, 2.24) is 63.0 Å². The lowest BCUT2D eigenvalue weighted by Gasteiger charge is -2.35. The van der Waals surface area contributed by atoms with Crippen molar-refractivity contribution in [1.29, 1.82) is 0 Å². The SMILES string of the molecule is CC(C)(C)[C@@H]1NC(=O)COCCNC(=O)[C@@H](CN)NC(=O)[C@@H](CCC(N)=O)NC(=O)[C@@H](Cc2ccc(-c3ccccc3)cc2)NC(=O)[C@@H]2C[C@@H](O)CN2C1=O.CC(C)(C)[C@@H]1NC(=O)COCCNC(=O)[C@@H](CN)NCCNC(=O)[C@@H](Cc2ccc(-c3ccccc3)cc2)NC(=O)[C@@H]2C[C@@H](O)CN2C1=O. The van der Waals surface area contributed by atoms with Gasteiger partial charge in [-0.3, -0.25) is 57.5 Å². The molecule has 8 rings (SSSR count). The third-order valence-electron chi connectivity index (χ3n) is 17.9. The minimum absolute atomic E-state index is 0.00661. The monoisotopic (exact) mass is 1440 g/mol. The minimum Gasteiger partial charge on any atom is -0.391 e. The Hall–Kier alpha value is -9.76. The molecule has 4 saturated heterocycles. The van der Waals surface area contributed by atoms with E-state index in [1.54, 1.807) is 53.7 Å². The van der Waals surface area contributed by atoms with Gasteiger partial charge in [-0.1, -0.05) is 151 Å². The van der Waals surface area contributed by atoms with Crippen molar-refractivity contribution >= 4 is 70.9 Å². The highest BCUT2D eigenvalue weighted by Crippen LogP contribution is 2.29. The van der Waals surface area contributed by atoms with Gasteiger partial charge in [0.05, 0.1) is 31.5 Å². The summed E-state index contributed by atoms with van der Waals surface area (Å²) in [5.41, 5.74) is 20.7. The first-order valence-electron chi connectivity index (χ1n) is 34.9. The normalized spacial score (nSPS) is 25.5. The predicted octanol–water partition coefficient (Wildman–Crippen LogP) is -2.73. The summed E-state index contributed by atoms with van der Waals surface area (Å²) in [6.45, 7) is 9.45. The number of benzene rings is 4. The fourth-order valence-corrected chi connectivity index (χ4v) is 12.2. The lowest BCUT2D eigenvalue weighted by Crippen LogP contribution is -2.60. The van der Waals surface area contributed by atoms with Crippen LogP contribution in [0.25, 0.3) is 22.3 Å². The zero-order valence-corrected chi connectivity index (χ0v) is 59.7. The summed E-state index contributed by atoms with van der Waals surface area (Å²) in [4.78, 5) is 163. The molecule has 4 fully saturated rings. The van der Waals surface area contributed by atoms with Crippen molar-refractivity contribution in [3.05, 3.63) is 120 Å². The van der Waals surface area contributed by atoms with Crippen LogP contribution in [0.3, 0.4) is 0 Å². The molecule has 0 aromatic heterocycles. The summed E-state index contributed by atoms with van der Waals surface area (Å²) < 4.78 is 10.8. The molecule has 0 bridgehead atoms. The number of carbonyl (C=O) groups is 12. The molecule has 0 unspecified atom stereocenters. The van der Waals surface area contributed by atoms with Gasteiger partial charge in [0.2, 0.25) is 70.9 Å². The number of primary amides is 1. The minimum atomic E-state index is -1.38. The fourth-order valence-electron chi connectivity index (χ4n) is 12.2. The third-order valence-corrected chi connectivity index (χ3v) is 17.9. The Morgan fingerprint density at radius 3 is 1.23 bits per heavy atom. The molecule has 0 radical (unpaired) electrons. The first-order chi connectivity index (χ1) is 49.4. The Morgan fingerprint density at radius 1 is 0.452 bits per heavy atom. The smallest absolute Gasteiger partial charge is 0.246 e. The van der Waals surface area contributed by atoms with Crippen molar-refractivity contribution in [2.24, 2.45) is 28.0 Å². The molecule has 4 heterocycles. The van der Waals surface area contributed by atoms with Crippen LogP contribution in [0.15, 0.2) is 109 Å². The first kappa shape index (κ1) is 81.5. The van der Waals surface area contributed by atoms with Gasteiger partial charge in [0, 0.05) is 84.5 Å². The molecular formula is C73H101N15O16. The lowest BCUT2D eigenvalue weighted by molar-refractivity contribution is -0.145. The maximum atomic E-state index is 14.1. The largest absolute Gasteiger partial charge is 0.391 e. The second-order valence-electron chi connectivity index (χ2n) is 28.3. The molecule has 4 aromatic carbocycles. The van der Waals surface area contributed by atoms with Crippen molar-refractivity contribution < 1.29 is 77.2 Å². The number of fused-ring (bicyclic) bond motifs is 2. The van der Waals surface area contributed by atoms with Crippen LogP contribution in [0.4, 0.5) is 0 Å². The van der Waals surface area contributed by atoms with Crippen LogP contribution >= 0.6 is 0 Å². The van der Waals surface area contributed by atoms with E-state index < -0.39 is 149 Å². The van der Waals surface area contributed by atoms with Gasteiger partial charge in [-0.2, -0.15) is 0 Å². The standard InChI is InChI=1S/C38H52N8O9.C35H49N7O7/c1-38(2,3)32-37(54)46-20-25(47)18-29(46)36(53)43-27(17-22-9-11-24(12-10-22)23-7-5-4-6-8-23)35(52)42-26(13-14-30(40)48)34(51)44-28(19-39)33(50)41-15-16-55-21-31(49)45-32;1-35(2,3)30-34(48)42-20-25(43)18-28(42)33(47)40-26(17-22-9-11-24(12-10-22)23-7-5-4-6-8-23)31(45)38-14-13-37-27(19-36)32(46)39-15-16-49-21-29(44)41-30/h4-12,25-29,32,47H,13-21,39H2,1-3H3,(H2,40,48)(H,41,50)(H,42,52)(H,43,53)(H,44,51)(H,45,49);4-12,25-28,30,37,43H,13-21,36H2,1-3H3,(H,38,45)(H,39,46)(H,40,47)(H,41,44)/t25-,26-,27-,28-,29+,32-;25-,26-,27-,28+,30-/m11/s1. The number of amides is 12. The molecule has 104 heavy (non-hydrogen) atoms. The van der Waals surface area contributed by atoms with Gasteiger partial charge in [0.1, 0.15) is 61.5 Å². The zero-order valence-electron chi connectivity index (χ0n) is 59.7. The van der Waals surface area contributed by atoms with Gasteiger partial charge in [0.15, 0.2) is 0 Å². The number of rotatable bonds is 11. The summed E-state index contributed by atoms with van der Waals surface area (Å²) in [7, 11) is 0. The number of hydrogen-bond donors (Lipinski definition) is 15. The molecule has 0 saturated carbocycles. The van der Waals surface area contributed by atoms with Gasteiger partial charge in [-0.15, -0.1) is 0 Å². The fraction of sp³-hybridized carbons (Fsp3) is 0.507. The summed E-state index contributed by atoms with van der Waals surface area (Å²) in [6.07, 6.45) is -2.67. The number of carbonyl (C=O) groups excluding carboxylic acids is 12. The first-order valence-corrected chi connectivity index (χ1v) is 34.9. The molecule has 0 spiro atoms. The number of nitrogens with zero attached hydrogens (tertiary/aromatic N) is 2. The van der Waals surface area contributed by atoms with Crippen molar-refractivity contribution in [3.8, 4) is 22.3 Å². The van der Waals surface area contributed by atoms with Crippen LogP contribution in [-0.4, -0.2) is 236 Å². The van der Waals surface area contributed by atoms with Crippen molar-refractivity contribution in [2.45, 2.75) is 147 Å². The maximum absolute atomic E-state index is 14.1. The molecule has 18 N–H and O–H groups in total. The summed E-state index contributed by atoms with van der Waals surface area (Å²) in [5, 5.41) is 48.5. The van der Waals surface area contributed by atoms with Crippen LogP contribution in [0, 0.1) is 10.8 Å². The molecule has 4 aromatic rings. The highest BCUT2D eigenvalue weighted by Gasteiger charge is 2.47. The molecule has 4 aliphatic rings. The van der Waals surface area contributed by atoms with Crippen LogP contribution in [0.5, 0.6) is 0 Å². The molecule has 12 amide bonds. The van der Waals surface area contributed by atoms with E-state index >= 15 is 0 Å². The zero-order chi connectivity index (χ0) is 75.8. The summed E-state index contributed by atoms with van der Waals surface area (Å²) in [6, 6.07) is 24.2. The van der Waals surface area contributed by atoms with E-state index in [4.69, 9.17) is 26.7 Å². The van der Waals surface area contributed by atoms with Crippen LogP contribution in [0.1, 0.15) is 78.4 Å². The van der Waals surface area contributed by atoms with E-state index in [0.29, 0.717) is 5.56 Å². The molecule has 0 aliphatic carbocycles. The Morgan fingerprint density at radius 2 is 0.817 bits per heavy atom. The Kier molecular flexibility index (Phi) is 30.3. The second kappa shape index (κ2) is 38.7. The van der Waals surface area contributed by atoms with Gasteiger partial charge in [-0.05, 0) is 50.6 Å². The quantitative estimate of drug-likeness (QED) is 0.0725. The Bertz CT molecular complexity index is 3610. The van der Waals surface area contributed by atoms with E-state index in [9.17, 15) is 67.7 Å². The van der Waals surface area contributed by atoms with E-state index in [2.05, 4.69) is 53.2 Å². The molecule has 564 valence electrons. The van der Waals surface area contributed by atoms with Crippen molar-refractivity contribution in [2.75, 3.05) is 78.8 Å². The van der Waals surface area contributed by atoms with Gasteiger partial charge in [0.25, 0.3) is 0 Å². The third kappa shape index (κ3) is 24.2. The highest BCUT2D eigenvalue weighted by molar-refractivity contribution is 5.98. The summed E-state index contributed by atoms with van der Waals surface area (Å²) in [5.74, 6) is -7.57. The van der Waals surface area contributed by atoms with Crippen molar-refractivity contribution in [3.63, 3.8) is 0 Å². The van der Waals surface area contributed by atoms with E-state index in [1.165, 1.54) is 9.80 Å². The van der Waals surface area contributed by atoms with Crippen LogP contribution in [0.2, 0.25) is 0 Å². The summed E-state index contributed by atoms with van der Waals surface area (Å²) >= 11 is 0. The maximum Gasteiger partial charge on any atom is 0.246 e. The van der Waals surface area contributed by atoms with E-state index in [1.807, 2.05) is 97.1 Å². The Balaban J connectivity index is 0.000000293. The topological polar surface area (TPSA) is 469 Å². The number of nitrogens with one attached hydrogen (secondary N) is 10. The van der Waals surface area contributed by atoms with E-state index in [0.717, 1.165) is 27.8 Å². The van der Waals surface area contributed by atoms with E-state index in [-0.39, 0.29) is 117 Å². The van der Waals surface area contributed by atoms with Gasteiger partial charge >= 0.3 is 0 Å². The number of aliphatic hydroxyl groups is 2. The number of nitrogens with two attached hydrogens (primary N) is 3. The number of hydrogen-bond acceptors (Lipinski definition) is 19.